The minimum absolute atomic E-state index is 0.121. The van der Waals surface area contributed by atoms with Crippen molar-refractivity contribution in [1.82, 2.24) is 0 Å². The van der Waals surface area contributed by atoms with Crippen LogP contribution in [-0.4, -0.2) is 31.0 Å². The Morgan fingerprint density at radius 3 is 2.61 bits per heavy atom. The molecule has 3 aliphatic rings. The molecule has 0 aromatic rings. The quantitative estimate of drug-likeness (QED) is 0.833. The first-order valence-electron chi connectivity index (χ1n) is 7.73. The molecule has 2 atom stereocenters. The number of ether oxygens (including phenoxy) is 1. The van der Waals surface area contributed by atoms with Gasteiger partial charge in [-0.15, -0.1) is 0 Å². The van der Waals surface area contributed by atoms with Crippen LogP contribution in [-0.2, 0) is 4.74 Å². The number of hydrogen-bond donors (Lipinski definition) is 1. The maximum atomic E-state index is 6.15. The van der Waals surface area contributed by atoms with E-state index in [1.54, 1.807) is 0 Å². The Labute approximate surface area is 110 Å². The molecule has 0 aromatic carbocycles. The molecule has 2 N–H and O–H groups in total. The molecular weight excluding hydrogens is 224 g/mol. The summed E-state index contributed by atoms with van der Waals surface area (Å²) in [5.74, 6) is 1.56. The minimum atomic E-state index is 0.121. The Kier molecular flexibility index (Phi) is 4.00. The van der Waals surface area contributed by atoms with Gasteiger partial charge in [-0.05, 0) is 37.5 Å². The van der Waals surface area contributed by atoms with Gasteiger partial charge in [-0.2, -0.15) is 0 Å². The standard InChI is InChI=1S/C15H26N2O/c16-13-9-17-14(12-4-2-1-3-5-12)8-15(13)18-10-11-6-7-11/h11-13,15H,1-10,16H2. The molecule has 2 unspecified atom stereocenters. The van der Waals surface area contributed by atoms with E-state index in [4.69, 9.17) is 15.5 Å². The summed E-state index contributed by atoms with van der Waals surface area (Å²) >= 11 is 0. The second-order valence-corrected chi connectivity index (χ2v) is 6.35. The Morgan fingerprint density at radius 1 is 1.11 bits per heavy atom. The van der Waals surface area contributed by atoms with E-state index in [1.165, 1.54) is 50.7 Å². The SMILES string of the molecule is NC1CN=C(C2CCCCC2)CC1OCC1CC1. The Balaban J connectivity index is 1.54. The van der Waals surface area contributed by atoms with E-state index >= 15 is 0 Å². The van der Waals surface area contributed by atoms with Crippen LogP contribution in [0, 0.1) is 11.8 Å². The lowest BCUT2D eigenvalue weighted by molar-refractivity contribution is 0.0317. The number of nitrogens with two attached hydrogens (primary N) is 1. The molecule has 3 heteroatoms. The minimum Gasteiger partial charge on any atom is -0.376 e. The van der Waals surface area contributed by atoms with Gasteiger partial charge in [0.2, 0.25) is 0 Å². The van der Waals surface area contributed by atoms with Gasteiger partial charge in [-0.1, -0.05) is 19.3 Å². The van der Waals surface area contributed by atoms with Crippen molar-refractivity contribution in [2.75, 3.05) is 13.2 Å². The highest BCUT2D eigenvalue weighted by molar-refractivity contribution is 5.88. The van der Waals surface area contributed by atoms with Crippen molar-refractivity contribution < 1.29 is 4.74 Å². The van der Waals surface area contributed by atoms with Crippen LogP contribution in [0.2, 0.25) is 0 Å². The summed E-state index contributed by atoms with van der Waals surface area (Å²) in [6.45, 7) is 1.71. The number of aliphatic imine (C=N–C) groups is 1. The molecule has 2 aliphatic carbocycles. The van der Waals surface area contributed by atoms with Gasteiger partial charge < -0.3 is 10.5 Å². The number of rotatable bonds is 4. The molecule has 3 nitrogen and oxygen atoms in total. The first kappa shape index (κ1) is 12.6. The van der Waals surface area contributed by atoms with E-state index in [1.807, 2.05) is 0 Å². The van der Waals surface area contributed by atoms with Crippen LogP contribution < -0.4 is 5.73 Å². The van der Waals surface area contributed by atoms with E-state index < -0.39 is 0 Å². The molecule has 0 radical (unpaired) electrons. The van der Waals surface area contributed by atoms with Crippen molar-refractivity contribution in [3.05, 3.63) is 0 Å². The van der Waals surface area contributed by atoms with Crippen molar-refractivity contribution >= 4 is 5.71 Å². The number of hydrogen-bond acceptors (Lipinski definition) is 3. The van der Waals surface area contributed by atoms with Crippen LogP contribution >= 0.6 is 0 Å². The van der Waals surface area contributed by atoms with Crippen molar-refractivity contribution in [3.8, 4) is 0 Å². The zero-order chi connectivity index (χ0) is 12.4. The van der Waals surface area contributed by atoms with Gasteiger partial charge in [-0.3, -0.25) is 4.99 Å². The molecule has 0 saturated heterocycles. The molecule has 0 bridgehead atoms. The molecule has 102 valence electrons. The zero-order valence-corrected chi connectivity index (χ0v) is 11.3. The molecule has 3 rings (SSSR count). The monoisotopic (exact) mass is 250 g/mol. The molecule has 2 fully saturated rings. The molecule has 0 spiro atoms. The summed E-state index contributed by atoms with van der Waals surface area (Å²) in [6.07, 6.45) is 10.8. The highest BCUT2D eigenvalue weighted by Gasteiger charge is 2.31. The summed E-state index contributed by atoms with van der Waals surface area (Å²) in [5, 5.41) is 0. The summed E-state index contributed by atoms with van der Waals surface area (Å²) in [6, 6.07) is 0.121. The van der Waals surface area contributed by atoms with E-state index in [2.05, 4.69) is 0 Å². The summed E-state index contributed by atoms with van der Waals surface area (Å²) in [7, 11) is 0. The van der Waals surface area contributed by atoms with E-state index in [-0.39, 0.29) is 12.1 Å². The molecular formula is C15H26N2O. The third-order valence-electron chi connectivity index (χ3n) is 4.71. The second kappa shape index (κ2) is 5.70. The van der Waals surface area contributed by atoms with E-state index in [9.17, 15) is 0 Å². The maximum absolute atomic E-state index is 6.15. The van der Waals surface area contributed by atoms with Gasteiger partial charge in [0.1, 0.15) is 0 Å². The number of nitrogens with zero attached hydrogens (tertiary/aromatic N) is 1. The van der Waals surface area contributed by atoms with Crippen LogP contribution in [0.15, 0.2) is 4.99 Å². The highest BCUT2D eigenvalue weighted by atomic mass is 16.5. The topological polar surface area (TPSA) is 47.6 Å². The summed E-state index contributed by atoms with van der Waals surface area (Å²) in [4.78, 5) is 4.74. The average molecular weight is 250 g/mol. The lowest BCUT2D eigenvalue weighted by atomic mass is 9.82. The molecule has 1 aliphatic heterocycles. The Morgan fingerprint density at radius 2 is 1.89 bits per heavy atom. The van der Waals surface area contributed by atoms with Crippen molar-refractivity contribution in [2.24, 2.45) is 22.6 Å². The van der Waals surface area contributed by atoms with E-state index in [0.29, 0.717) is 0 Å². The Hall–Kier alpha value is -0.410. The first-order valence-corrected chi connectivity index (χ1v) is 7.73. The zero-order valence-electron chi connectivity index (χ0n) is 11.3. The normalized spacial score (nSPS) is 34.4. The Bertz CT molecular complexity index is 306. The lowest BCUT2D eigenvalue weighted by Gasteiger charge is -2.32. The fourth-order valence-electron chi connectivity index (χ4n) is 3.22. The second-order valence-electron chi connectivity index (χ2n) is 6.35. The third-order valence-corrected chi connectivity index (χ3v) is 4.71. The summed E-state index contributed by atoms with van der Waals surface area (Å²) < 4.78 is 6.03. The fourth-order valence-corrected chi connectivity index (χ4v) is 3.22. The van der Waals surface area contributed by atoms with Gasteiger partial charge in [0.05, 0.1) is 18.7 Å². The van der Waals surface area contributed by atoms with Gasteiger partial charge >= 0.3 is 0 Å². The van der Waals surface area contributed by atoms with Crippen LogP contribution in [0.5, 0.6) is 0 Å². The summed E-state index contributed by atoms with van der Waals surface area (Å²) in [5.41, 5.74) is 7.56. The molecule has 2 saturated carbocycles. The molecule has 0 amide bonds. The predicted molar refractivity (Wildman–Crippen MR) is 73.9 cm³/mol. The van der Waals surface area contributed by atoms with Gasteiger partial charge in [-0.25, -0.2) is 0 Å². The van der Waals surface area contributed by atoms with Crippen LogP contribution in [0.4, 0.5) is 0 Å². The van der Waals surface area contributed by atoms with Crippen LogP contribution in [0.25, 0.3) is 0 Å². The van der Waals surface area contributed by atoms with Crippen LogP contribution in [0.3, 0.4) is 0 Å². The lowest BCUT2D eigenvalue weighted by Crippen LogP contribution is -2.45. The smallest absolute Gasteiger partial charge is 0.0796 e. The third kappa shape index (κ3) is 3.12. The van der Waals surface area contributed by atoms with Crippen molar-refractivity contribution in [3.63, 3.8) is 0 Å². The van der Waals surface area contributed by atoms with Gasteiger partial charge in [0.25, 0.3) is 0 Å². The average Bonchev–Trinajstić information content (AvgIpc) is 3.23. The molecule has 0 aromatic heterocycles. The molecule has 18 heavy (non-hydrogen) atoms. The predicted octanol–water partition coefficient (Wildman–Crippen LogP) is 2.53. The van der Waals surface area contributed by atoms with Crippen LogP contribution in [0.1, 0.15) is 51.4 Å². The van der Waals surface area contributed by atoms with Crippen molar-refractivity contribution in [1.29, 1.82) is 0 Å². The highest BCUT2D eigenvalue weighted by Crippen LogP contribution is 2.31. The maximum Gasteiger partial charge on any atom is 0.0796 e. The van der Waals surface area contributed by atoms with Crippen molar-refractivity contribution in [2.45, 2.75) is 63.5 Å². The molecule has 1 heterocycles. The van der Waals surface area contributed by atoms with Gasteiger partial charge in [0, 0.05) is 18.7 Å². The van der Waals surface area contributed by atoms with Gasteiger partial charge in [0.15, 0.2) is 0 Å². The fraction of sp³-hybridized carbons (Fsp3) is 0.933. The first-order chi connectivity index (χ1) is 8.83. The largest absolute Gasteiger partial charge is 0.376 e. The van der Waals surface area contributed by atoms with E-state index in [0.717, 1.165) is 31.4 Å².